The van der Waals surface area contributed by atoms with Crippen LogP contribution in [0.25, 0.3) is 0 Å². The molecule has 0 heterocycles. The van der Waals surface area contributed by atoms with Crippen LogP contribution in [0.1, 0.15) is 79.3 Å². The number of hydrogen-bond acceptors (Lipinski definition) is 8. The van der Waals surface area contributed by atoms with E-state index in [0.29, 0.717) is 17.7 Å². The molecular formula is C26H42N4O7. The molecule has 0 aromatic heterocycles. The number of unbranched alkanes of at least 4 members (excludes halogenated alkanes) is 1. The zero-order valence-corrected chi connectivity index (χ0v) is 23.2. The Bertz CT molecular complexity index is 922. The van der Waals surface area contributed by atoms with E-state index >= 15 is 0 Å². The third-order valence-corrected chi connectivity index (χ3v) is 4.45. The predicted molar refractivity (Wildman–Crippen MR) is 140 cm³/mol. The molecule has 0 spiro atoms. The normalized spacial score (nSPS) is 12.4. The average Bonchev–Trinajstić information content (AvgIpc) is 2.70. The van der Waals surface area contributed by atoms with Gasteiger partial charge in [0, 0.05) is 12.7 Å². The van der Waals surface area contributed by atoms with Gasteiger partial charge in [-0.15, -0.1) is 0 Å². The van der Waals surface area contributed by atoms with Gasteiger partial charge in [-0.2, -0.15) is 0 Å². The zero-order chi connectivity index (χ0) is 28.2. The summed E-state index contributed by atoms with van der Waals surface area (Å²) >= 11 is 0. The van der Waals surface area contributed by atoms with Gasteiger partial charge in [0.15, 0.2) is 0 Å². The molecule has 11 heteroatoms. The molecule has 0 saturated carbocycles. The van der Waals surface area contributed by atoms with E-state index < -0.39 is 41.3 Å². The molecule has 0 aliphatic carbocycles. The lowest BCUT2D eigenvalue weighted by Gasteiger charge is -2.24. The molecule has 1 unspecified atom stereocenters. The number of benzene rings is 1. The quantitative estimate of drug-likeness (QED) is 0.169. The minimum atomic E-state index is -0.774. The third-order valence-electron chi connectivity index (χ3n) is 4.45. The van der Waals surface area contributed by atoms with Crippen LogP contribution in [0.2, 0.25) is 0 Å². The van der Waals surface area contributed by atoms with Crippen molar-refractivity contribution < 1.29 is 33.4 Å². The minimum absolute atomic E-state index is 0.155. The SMILES string of the molecule is CCCCOC(=O)NC(CC(=O)NN(C)CC(=O)OC(C)(C)C)c1cccc(NC(=O)OC(C)(C)C)c1. The van der Waals surface area contributed by atoms with Crippen molar-refractivity contribution in [2.24, 2.45) is 0 Å². The molecule has 0 radical (unpaired) electrons. The molecule has 208 valence electrons. The van der Waals surface area contributed by atoms with Crippen LogP contribution in [0.5, 0.6) is 0 Å². The minimum Gasteiger partial charge on any atom is -0.459 e. The largest absolute Gasteiger partial charge is 0.459 e. The number of likely N-dealkylation sites (N-methyl/N-ethyl adjacent to an activating group) is 1. The van der Waals surface area contributed by atoms with Crippen LogP contribution in [0.4, 0.5) is 15.3 Å². The molecule has 3 amide bonds. The smallest absolute Gasteiger partial charge is 0.412 e. The van der Waals surface area contributed by atoms with Crippen molar-refractivity contribution in [1.82, 2.24) is 15.8 Å². The number of nitrogens with zero attached hydrogens (tertiary/aromatic N) is 1. The van der Waals surface area contributed by atoms with Gasteiger partial charge in [-0.25, -0.2) is 14.6 Å². The van der Waals surface area contributed by atoms with Gasteiger partial charge in [0.25, 0.3) is 0 Å². The van der Waals surface area contributed by atoms with Gasteiger partial charge in [-0.05, 0) is 65.7 Å². The highest BCUT2D eigenvalue weighted by Crippen LogP contribution is 2.22. The maximum atomic E-state index is 12.8. The molecule has 0 bridgehead atoms. The molecule has 3 N–H and O–H groups in total. The fraction of sp³-hybridized carbons (Fsp3) is 0.615. The van der Waals surface area contributed by atoms with Crippen molar-refractivity contribution in [3.05, 3.63) is 29.8 Å². The fourth-order valence-corrected chi connectivity index (χ4v) is 3.05. The van der Waals surface area contributed by atoms with E-state index in [1.165, 1.54) is 12.1 Å². The number of carbonyl (C=O) groups excluding carboxylic acids is 4. The molecule has 1 aromatic rings. The topological polar surface area (TPSA) is 135 Å². The van der Waals surface area contributed by atoms with Crippen molar-refractivity contribution in [3.8, 4) is 0 Å². The second-order valence-corrected chi connectivity index (χ2v) is 10.6. The number of anilines is 1. The number of hydrogen-bond donors (Lipinski definition) is 3. The van der Waals surface area contributed by atoms with Gasteiger partial charge in [0.1, 0.15) is 17.7 Å². The lowest BCUT2D eigenvalue weighted by Crippen LogP contribution is -2.45. The van der Waals surface area contributed by atoms with Gasteiger partial charge < -0.3 is 19.5 Å². The van der Waals surface area contributed by atoms with Gasteiger partial charge in [-0.1, -0.05) is 25.5 Å². The van der Waals surface area contributed by atoms with Gasteiger partial charge >= 0.3 is 18.2 Å². The summed E-state index contributed by atoms with van der Waals surface area (Å²) in [5.41, 5.74) is 2.28. The highest BCUT2D eigenvalue weighted by molar-refractivity contribution is 5.85. The molecule has 0 aliphatic rings. The molecule has 0 saturated heterocycles. The van der Waals surface area contributed by atoms with E-state index in [0.717, 1.165) is 6.42 Å². The Morgan fingerprint density at radius 2 is 1.62 bits per heavy atom. The monoisotopic (exact) mass is 522 g/mol. The summed E-state index contributed by atoms with van der Waals surface area (Å²) in [4.78, 5) is 49.4. The number of carbonyl (C=O) groups is 4. The van der Waals surface area contributed by atoms with Gasteiger partial charge in [0.2, 0.25) is 5.91 Å². The van der Waals surface area contributed by atoms with E-state index in [1.807, 2.05) is 6.92 Å². The van der Waals surface area contributed by atoms with E-state index in [2.05, 4.69) is 16.1 Å². The second-order valence-electron chi connectivity index (χ2n) is 10.6. The third kappa shape index (κ3) is 14.7. The summed E-state index contributed by atoms with van der Waals surface area (Å²) in [5.74, 6) is -0.944. The van der Waals surface area contributed by atoms with Crippen molar-refractivity contribution in [1.29, 1.82) is 0 Å². The number of hydrazine groups is 1. The van der Waals surface area contributed by atoms with Crippen molar-refractivity contribution >= 4 is 29.8 Å². The number of alkyl carbamates (subject to hydrolysis) is 1. The summed E-state index contributed by atoms with van der Waals surface area (Å²) in [5, 5.41) is 6.67. The zero-order valence-electron chi connectivity index (χ0n) is 23.2. The Kier molecular flexibility index (Phi) is 12.3. The predicted octanol–water partition coefficient (Wildman–Crippen LogP) is 4.30. The molecule has 11 nitrogen and oxygen atoms in total. The van der Waals surface area contributed by atoms with Crippen molar-refractivity contribution in [2.75, 3.05) is 25.5 Å². The van der Waals surface area contributed by atoms with Crippen LogP contribution >= 0.6 is 0 Å². The summed E-state index contributed by atoms with van der Waals surface area (Å²) in [6.45, 7) is 12.6. The van der Waals surface area contributed by atoms with Gasteiger partial charge in [-0.3, -0.25) is 20.3 Å². The Hall–Kier alpha value is -3.34. The van der Waals surface area contributed by atoms with E-state index in [9.17, 15) is 19.2 Å². The van der Waals surface area contributed by atoms with Crippen molar-refractivity contribution in [3.63, 3.8) is 0 Å². The number of nitrogens with one attached hydrogen (secondary N) is 3. The molecule has 1 atom stereocenters. The standard InChI is InChI=1S/C26H42N4O7/c1-9-10-14-35-23(33)28-20(16-21(31)29-30(8)17-22(32)36-25(2,3)4)18-12-11-13-19(15-18)27-24(34)37-26(5,6)7/h11-13,15,20H,9-10,14,16-17H2,1-8H3,(H,27,34)(H,28,33)(H,29,31). The molecular weight excluding hydrogens is 480 g/mol. The number of amides is 3. The molecule has 0 aliphatic heterocycles. The first kappa shape index (κ1) is 31.7. The summed E-state index contributed by atoms with van der Waals surface area (Å²) < 4.78 is 15.8. The fourth-order valence-electron chi connectivity index (χ4n) is 3.05. The lowest BCUT2D eigenvalue weighted by molar-refractivity contribution is -0.156. The summed E-state index contributed by atoms with van der Waals surface area (Å²) in [6, 6.07) is 5.93. The first-order chi connectivity index (χ1) is 17.1. The molecule has 1 aromatic carbocycles. The Morgan fingerprint density at radius 3 is 2.22 bits per heavy atom. The van der Waals surface area contributed by atoms with Crippen molar-refractivity contribution in [2.45, 2.75) is 85.0 Å². The Labute approximate surface area is 219 Å². The lowest BCUT2D eigenvalue weighted by atomic mass is 10.0. The first-order valence-corrected chi connectivity index (χ1v) is 12.3. The van der Waals surface area contributed by atoms with Crippen LogP contribution in [-0.2, 0) is 23.8 Å². The highest BCUT2D eigenvalue weighted by atomic mass is 16.6. The van der Waals surface area contributed by atoms with Crippen LogP contribution in [0.3, 0.4) is 0 Å². The number of rotatable bonds is 11. The van der Waals surface area contributed by atoms with E-state index in [4.69, 9.17) is 14.2 Å². The molecule has 0 fully saturated rings. The van der Waals surface area contributed by atoms with Crippen LogP contribution in [0, 0.1) is 0 Å². The number of esters is 1. The first-order valence-electron chi connectivity index (χ1n) is 12.3. The van der Waals surface area contributed by atoms with E-state index in [-0.39, 0.29) is 19.6 Å². The van der Waals surface area contributed by atoms with Gasteiger partial charge in [0.05, 0.1) is 19.1 Å². The summed E-state index contributed by atoms with van der Waals surface area (Å²) in [6.07, 6.45) is 0.121. The summed E-state index contributed by atoms with van der Waals surface area (Å²) in [7, 11) is 1.54. The molecule has 1 rings (SSSR count). The van der Waals surface area contributed by atoms with Crippen LogP contribution in [0.15, 0.2) is 24.3 Å². The Morgan fingerprint density at radius 1 is 0.973 bits per heavy atom. The highest BCUT2D eigenvalue weighted by Gasteiger charge is 2.23. The van der Waals surface area contributed by atoms with E-state index in [1.54, 1.807) is 65.8 Å². The average molecular weight is 523 g/mol. The van der Waals surface area contributed by atoms with Crippen LogP contribution < -0.4 is 16.1 Å². The number of ether oxygens (including phenoxy) is 3. The second kappa shape index (κ2) is 14.4. The maximum Gasteiger partial charge on any atom is 0.412 e. The van der Waals surface area contributed by atoms with Crippen LogP contribution in [-0.4, -0.2) is 60.5 Å². The maximum absolute atomic E-state index is 12.8. The Balaban J connectivity index is 2.95. The molecule has 37 heavy (non-hydrogen) atoms.